The highest BCUT2D eigenvalue weighted by molar-refractivity contribution is 6.10. The van der Waals surface area contributed by atoms with Crippen LogP contribution < -0.4 is 15.4 Å². The Morgan fingerprint density at radius 3 is 2.50 bits per heavy atom. The number of methoxy groups -OCH3 is 1. The number of anilines is 1. The third-order valence-electron chi connectivity index (χ3n) is 5.39. The molecule has 0 radical (unpaired) electrons. The van der Waals surface area contributed by atoms with Crippen molar-refractivity contribution in [2.75, 3.05) is 19.0 Å². The molecule has 0 bridgehead atoms. The van der Waals surface area contributed by atoms with Crippen molar-refractivity contribution in [2.45, 2.75) is 38.6 Å². The Bertz CT molecular complexity index is 942. The number of para-hydroxylation sites is 1. The van der Waals surface area contributed by atoms with Crippen LogP contribution in [0.5, 0.6) is 5.75 Å². The maximum absolute atomic E-state index is 12.9. The molecular formula is C23H27N3O4. The Morgan fingerprint density at radius 1 is 1.13 bits per heavy atom. The molecule has 0 saturated carbocycles. The second kappa shape index (κ2) is 8.98. The molecule has 158 valence electrons. The number of carbonyl (C=O) groups is 3. The second-order valence-corrected chi connectivity index (χ2v) is 7.56. The quantitative estimate of drug-likeness (QED) is 0.656. The topological polar surface area (TPSA) is 87.7 Å². The summed E-state index contributed by atoms with van der Waals surface area (Å²) >= 11 is 0. The van der Waals surface area contributed by atoms with Crippen LogP contribution >= 0.6 is 0 Å². The van der Waals surface area contributed by atoms with E-state index in [-0.39, 0.29) is 12.5 Å². The molecule has 2 aromatic rings. The van der Waals surface area contributed by atoms with Crippen LogP contribution in [0.4, 0.5) is 10.5 Å². The Morgan fingerprint density at radius 2 is 1.83 bits per heavy atom. The van der Waals surface area contributed by atoms with Crippen LogP contribution in [0.3, 0.4) is 0 Å². The Hall–Kier alpha value is -3.35. The predicted octanol–water partition coefficient (Wildman–Crippen LogP) is 3.14. The van der Waals surface area contributed by atoms with Gasteiger partial charge in [0, 0.05) is 5.69 Å². The average molecular weight is 409 g/mol. The van der Waals surface area contributed by atoms with Crippen molar-refractivity contribution in [3.05, 3.63) is 59.7 Å². The minimum absolute atomic E-state index is 0.319. The van der Waals surface area contributed by atoms with Gasteiger partial charge in [0.05, 0.1) is 7.11 Å². The molecule has 0 aromatic heterocycles. The van der Waals surface area contributed by atoms with E-state index >= 15 is 0 Å². The zero-order chi connectivity index (χ0) is 21.7. The lowest BCUT2D eigenvalue weighted by Crippen LogP contribution is -2.45. The van der Waals surface area contributed by atoms with Crippen molar-refractivity contribution >= 4 is 23.5 Å². The van der Waals surface area contributed by atoms with Gasteiger partial charge in [-0.3, -0.25) is 14.5 Å². The van der Waals surface area contributed by atoms with Gasteiger partial charge in [0.15, 0.2) is 0 Å². The number of aryl methyl sites for hydroxylation is 2. The number of amides is 4. The lowest BCUT2D eigenvalue weighted by Gasteiger charge is -2.21. The summed E-state index contributed by atoms with van der Waals surface area (Å²) in [5.74, 6) is -0.0317. The first-order chi connectivity index (χ1) is 14.4. The van der Waals surface area contributed by atoms with E-state index in [1.165, 1.54) is 0 Å². The van der Waals surface area contributed by atoms with Gasteiger partial charge in [0.2, 0.25) is 5.91 Å². The summed E-state index contributed by atoms with van der Waals surface area (Å²) in [6, 6.07) is 14.5. The number of nitrogens with one attached hydrogen (secondary N) is 2. The van der Waals surface area contributed by atoms with Crippen LogP contribution in [-0.4, -0.2) is 41.9 Å². The zero-order valence-electron chi connectivity index (χ0n) is 17.5. The maximum Gasteiger partial charge on any atom is 0.325 e. The van der Waals surface area contributed by atoms with Crippen LogP contribution in [0, 0.1) is 0 Å². The molecule has 1 aliphatic heterocycles. The summed E-state index contributed by atoms with van der Waals surface area (Å²) in [5.41, 5.74) is 1.68. The largest absolute Gasteiger partial charge is 0.497 e. The lowest BCUT2D eigenvalue weighted by molar-refractivity contribution is -0.133. The first kappa shape index (κ1) is 21.4. The normalized spacial score (nSPS) is 18.3. The summed E-state index contributed by atoms with van der Waals surface area (Å²) in [5, 5.41) is 5.55. The van der Waals surface area contributed by atoms with Gasteiger partial charge < -0.3 is 15.4 Å². The van der Waals surface area contributed by atoms with Gasteiger partial charge in [0.1, 0.15) is 17.8 Å². The fourth-order valence-electron chi connectivity index (χ4n) is 3.53. The van der Waals surface area contributed by atoms with E-state index in [0.29, 0.717) is 18.5 Å². The number of benzene rings is 2. The van der Waals surface area contributed by atoms with Crippen LogP contribution in [0.15, 0.2) is 48.5 Å². The summed E-state index contributed by atoms with van der Waals surface area (Å²) in [6.45, 7) is 3.37. The van der Waals surface area contributed by atoms with E-state index < -0.39 is 17.5 Å². The van der Waals surface area contributed by atoms with E-state index in [0.717, 1.165) is 28.2 Å². The number of rotatable bonds is 8. The van der Waals surface area contributed by atoms with Gasteiger partial charge in [0.25, 0.3) is 5.91 Å². The van der Waals surface area contributed by atoms with E-state index in [4.69, 9.17) is 4.74 Å². The van der Waals surface area contributed by atoms with E-state index in [1.54, 1.807) is 14.0 Å². The molecule has 3 rings (SSSR count). The highest BCUT2D eigenvalue weighted by atomic mass is 16.5. The molecular weight excluding hydrogens is 382 g/mol. The maximum atomic E-state index is 12.9. The van der Waals surface area contributed by atoms with Crippen LogP contribution in [0.2, 0.25) is 0 Å². The molecule has 2 aromatic carbocycles. The summed E-state index contributed by atoms with van der Waals surface area (Å²) in [7, 11) is 1.61. The number of ether oxygens (including phenoxy) is 1. The van der Waals surface area contributed by atoms with Gasteiger partial charge in [-0.2, -0.15) is 0 Å². The molecule has 0 unspecified atom stereocenters. The number of hydrogen-bond donors (Lipinski definition) is 2. The minimum Gasteiger partial charge on any atom is -0.497 e. The van der Waals surface area contributed by atoms with Gasteiger partial charge in [-0.25, -0.2) is 4.79 Å². The van der Waals surface area contributed by atoms with Crippen molar-refractivity contribution < 1.29 is 19.1 Å². The minimum atomic E-state index is -1.04. The van der Waals surface area contributed by atoms with Gasteiger partial charge in [-0.1, -0.05) is 37.3 Å². The van der Waals surface area contributed by atoms with E-state index in [1.807, 2.05) is 55.5 Å². The zero-order valence-corrected chi connectivity index (χ0v) is 17.5. The smallest absolute Gasteiger partial charge is 0.325 e. The highest BCUT2D eigenvalue weighted by Crippen LogP contribution is 2.24. The number of nitrogens with zero attached hydrogens (tertiary/aromatic N) is 1. The Kier molecular flexibility index (Phi) is 6.40. The molecule has 2 N–H and O–H groups in total. The third kappa shape index (κ3) is 4.62. The summed E-state index contributed by atoms with van der Waals surface area (Å²) in [6.07, 6.45) is 1.81. The number of imide groups is 1. The molecule has 0 aliphatic carbocycles. The number of carbonyl (C=O) groups excluding carboxylic acids is 3. The average Bonchev–Trinajstić information content (AvgIpc) is 2.96. The van der Waals surface area contributed by atoms with E-state index in [2.05, 4.69) is 10.6 Å². The highest BCUT2D eigenvalue weighted by Gasteiger charge is 2.47. The van der Waals surface area contributed by atoms with Gasteiger partial charge >= 0.3 is 6.03 Å². The molecule has 1 atom stereocenters. The van der Waals surface area contributed by atoms with E-state index in [9.17, 15) is 14.4 Å². The first-order valence-corrected chi connectivity index (χ1v) is 10.0. The Balaban J connectivity index is 1.62. The SMILES string of the molecule is CCc1ccccc1NC(=O)CN1C(=O)N[C@@](C)(CCc2ccc(OC)cc2)C1=O. The molecule has 30 heavy (non-hydrogen) atoms. The van der Waals surface area contributed by atoms with Crippen molar-refractivity contribution in [1.29, 1.82) is 0 Å². The van der Waals surface area contributed by atoms with Crippen LogP contribution in [0.25, 0.3) is 0 Å². The standard InChI is InChI=1S/C23H27N3O4/c1-4-17-7-5-6-8-19(17)24-20(27)15-26-21(28)23(2,25-22(26)29)14-13-16-9-11-18(30-3)12-10-16/h5-12H,4,13-15H2,1-3H3,(H,24,27)(H,25,29)/t23-/m0/s1. The van der Waals surface area contributed by atoms with Crippen molar-refractivity contribution in [3.8, 4) is 5.75 Å². The Labute approximate surface area is 176 Å². The molecule has 1 heterocycles. The fraction of sp³-hybridized carbons (Fsp3) is 0.348. The van der Waals surface area contributed by atoms with Crippen LogP contribution in [0.1, 0.15) is 31.4 Å². The van der Waals surface area contributed by atoms with Crippen molar-refractivity contribution in [3.63, 3.8) is 0 Å². The lowest BCUT2D eigenvalue weighted by atomic mass is 9.93. The molecule has 7 nitrogen and oxygen atoms in total. The van der Waals surface area contributed by atoms with Crippen molar-refractivity contribution in [2.24, 2.45) is 0 Å². The monoisotopic (exact) mass is 409 g/mol. The fourth-order valence-corrected chi connectivity index (χ4v) is 3.53. The molecule has 1 saturated heterocycles. The molecule has 7 heteroatoms. The predicted molar refractivity (Wildman–Crippen MR) is 114 cm³/mol. The van der Waals surface area contributed by atoms with Gasteiger partial charge in [-0.05, 0) is 55.5 Å². The second-order valence-electron chi connectivity index (χ2n) is 7.56. The molecule has 1 fully saturated rings. The first-order valence-electron chi connectivity index (χ1n) is 10.0. The van der Waals surface area contributed by atoms with Crippen molar-refractivity contribution in [1.82, 2.24) is 10.2 Å². The summed E-state index contributed by atoms with van der Waals surface area (Å²) in [4.78, 5) is 38.8. The van der Waals surface area contributed by atoms with Crippen LogP contribution in [-0.2, 0) is 22.4 Å². The van der Waals surface area contributed by atoms with Gasteiger partial charge in [-0.15, -0.1) is 0 Å². The number of hydrogen-bond acceptors (Lipinski definition) is 4. The number of urea groups is 1. The third-order valence-corrected chi connectivity index (χ3v) is 5.39. The molecule has 4 amide bonds. The summed E-state index contributed by atoms with van der Waals surface area (Å²) < 4.78 is 5.15. The molecule has 0 spiro atoms. The molecule has 1 aliphatic rings.